The maximum atomic E-state index is 11.8. The minimum absolute atomic E-state index is 0.0145. The molecule has 1 fully saturated rings. The van der Waals surface area contributed by atoms with Crippen molar-refractivity contribution in [2.45, 2.75) is 18.9 Å². The Bertz CT molecular complexity index is 448. The molecule has 1 aliphatic rings. The van der Waals surface area contributed by atoms with E-state index in [-0.39, 0.29) is 18.6 Å². The lowest BCUT2D eigenvalue weighted by molar-refractivity contribution is -0.124. The fraction of sp³-hybridized carbons (Fsp3) is 0.462. The molecular weight excluding hydrogens is 312 g/mol. The lowest BCUT2D eigenvalue weighted by Crippen LogP contribution is -2.41. The molecule has 0 unspecified atom stereocenters. The molecule has 1 amide bonds. The molecular formula is C13H17BrN2O3. The van der Waals surface area contributed by atoms with Gasteiger partial charge in [0.1, 0.15) is 5.75 Å². The number of halogens is 1. The zero-order valence-electron chi connectivity index (χ0n) is 10.5. The number of hydrogen-bond acceptors (Lipinski definition) is 4. The van der Waals surface area contributed by atoms with E-state index in [1.165, 1.54) is 0 Å². The minimum atomic E-state index is -0.124. The van der Waals surface area contributed by atoms with Crippen molar-refractivity contribution in [3.8, 4) is 5.75 Å². The number of amides is 1. The average Bonchev–Trinajstić information content (AvgIpc) is 2.41. The monoisotopic (exact) mass is 328 g/mol. The molecule has 1 saturated heterocycles. The highest BCUT2D eigenvalue weighted by Crippen LogP contribution is 2.26. The number of rotatable bonds is 4. The summed E-state index contributed by atoms with van der Waals surface area (Å²) >= 11 is 3.35. The van der Waals surface area contributed by atoms with Gasteiger partial charge >= 0.3 is 0 Å². The smallest absolute Gasteiger partial charge is 0.258 e. The number of carbonyl (C=O) groups excluding carboxylic acids is 1. The SMILES string of the molecule is Nc1ccc(Br)c(OCC(=O)NC2CCOCC2)c1. The Labute approximate surface area is 120 Å². The van der Waals surface area contributed by atoms with Crippen LogP contribution in [0, 0.1) is 0 Å². The molecule has 5 nitrogen and oxygen atoms in total. The van der Waals surface area contributed by atoms with E-state index in [0.717, 1.165) is 17.3 Å². The van der Waals surface area contributed by atoms with Gasteiger partial charge in [0.2, 0.25) is 0 Å². The van der Waals surface area contributed by atoms with Crippen molar-refractivity contribution in [3.05, 3.63) is 22.7 Å². The van der Waals surface area contributed by atoms with Crippen LogP contribution in [-0.2, 0) is 9.53 Å². The molecule has 3 N–H and O–H groups in total. The van der Waals surface area contributed by atoms with Crippen molar-refractivity contribution >= 4 is 27.5 Å². The van der Waals surface area contributed by atoms with Crippen LogP contribution in [0.15, 0.2) is 22.7 Å². The predicted molar refractivity (Wildman–Crippen MR) is 76.0 cm³/mol. The minimum Gasteiger partial charge on any atom is -0.483 e. The Balaban J connectivity index is 1.81. The summed E-state index contributed by atoms with van der Waals surface area (Å²) in [4.78, 5) is 11.8. The summed E-state index contributed by atoms with van der Waals surface area (Å²) in [5.41, 5.74) is 6.27. The van der Waals surface area contributed by atoms with Crippen LogP contribution in [0.5, 0.6) is 5.75 Å². The van der Waals surface area contributed by atoms with E-state index >= 15 is 0 Å². The van der Waals surface area contributed by atoms with Crippen LogP contribution in [0.3, 0.4) is 0 Å². The molecule has 1 aliphatic heterocycles. The molecule has 0 aromatic heterocycles. The van der Waals surface area contributed by atoms with Gasteiger partial charge in [-0.2, -0.15) is 0 Å². The van der Waals surface area contributed by atoms with E-state index in [9.17, 15) is 4.79 Å². The highest BCUT2D eigenvalue weighted by atomic mass is 79.9. The molecule has 1 heterocycles. The average molecular weight is 329 g/mol. The van der Waals surface area contributed by atoms with Gasteiger partial charge in [0.15, 0.2) is 6.61 Å². The second kappa shape index (κ2) is 6.77. The van der Waals surface area contributed by atoms with Gasteiger partial charge in [0, 0.05) is 31.0 Å². The molecule has 0 saturated carbocycles. The van der Waals surface area contributed by atoms with Crippen LogP contribution in [0.4, 0.5) is 5.69 Å². The Morgan fingerprint density at radius 1 is 1.47 bits per heavy atom. The normalized spacial score (nSPS) is 16.1. The first-order chi connectivity index (χ1) is 9.15. The number of benzene rings is 1. The summed E-state index contributed by atoms with van der Waals surface area (Å²) in [5.74, 6) is 0.448. The summed E-state index contributed by atoms with van der Waals surface area (Å²) in [6.45, 7) is 1.39. The van der Waals surface area contributed by atoms with E-state index < -0.39 is 0 Å². The maximum Gasteiger partial charge on any atom is 0.258 e. The molecule has 0 aliphatic carbocycles. The van der Waals surface area contributed by atoms with Gasteiger partial charge in [-0.15, -0.1) is 0 Å². The van der Waals surface area contributed by atoms with Crippen molar-refractivity contribution < 1.29 is 14.3 Å². The lowest BCUT2D eigenvalue weighted by atomic mass is 10.1. The van der Waals surface area contributed by atoms with Gasteiger partial charge < -0.3 is 20.5 Å². The third-order valence-electron chi connectivity index (χ3n) is 2.90. The molecule has 19 heavy (non-hydrogen) atoms. The Kier molecular flexibility index (Phi) is 5.04. The van der Waals surface area contributed by atoms with Crippen molar-refractivity contribution in [2.75, 3.05) is 25.6 Å². The number of carbonyl (C=O) groups is 1. The van der Waals surface area contributed by atoms with E-state index in [1.807, 2.05) is 0 Å². The second-order valence-corrected chi connectivity index (χ2v) is 5.29. The van der Waals surface area contributed by atoms with Gasteiger partial charge in [-0.1, -0.05) is 0 Å². The van der Waals surface area contributed by atoms with Crippen LogP contribution < -0.4 is 15.8 Å². The van der Waals surface area contributed by atoms with E-state index in [0.29, 0.717) is 24.7 Å². The van der Waals surface area contributed by atoms with Crippen molar-refractivity contribution in [2.24, 2.45) is 0 Å². The maximum absolute atomic E-state index is 11.8. The topological polar surface area (TPSA) is 73.6 Å². The van der Waals surface area contributed by atoms with E-state index in [4.69, 9.17) is 15.2 Å². The Morgan fingerprint density at radius 2 is 2.21 bits per heavy atom. The fourth-order valence-corrected chi connectivity index (χ4v) is 2.25. The van der Waals surface area contributed by atoms with Gasteiger partial charge in [-0.05, 0) is 40.9 Å². The summed E-state index contributed by atoms with van der Waals surface area (Å²) in [6, 6.07) is 5.43. The first kappa shape index (κ1) is 14.1. The third kappa shape index (κ3) is 4.40. The largest absolute Gasteiger partial charge is 0.483 e. The summed E-state index contributed by atoms with van der Waals surface area (Å²) < 4.78 is 11.5. The first-order valence-electron chi connectivity index (χ1n) is 6.20. The van der Waals surface area contributed by atoms with Crippen LogP contribution >= 0.6 is 15.9 Å². The van der Waals surface area contributed by atoms with Gasteiger partial charge in [-0.3, -0.25) is 4.79 Å². The third-order valence-corrected chi connectivity index (χ3v) is 3.56. The number of nitrogens with two attached hydrogens (primary N) is 1. The zero-order valence-corrected chi connectivity index (χ0v) is 12.1. The molecule has 1 aromatic carbocycles. The van der Waals surface area contributed by atoms with E-state index in [1.54, 1.807) is 18.2 Å². The Morgan fingerprint density at radius 3 is 2.95 bits per heavy atom. The fourth-order valence-electron chi connectivity index (χ4n) is 1.89. The number of anilines is 1. The molecule has 0 atom stereocenters. The van der Waals surface area contributed by atoms with Crippen molar-refractivity contribution in [3.63, 3.8) is 0 Å². The molecule has 104 valence electrons. The number of nitrogen functional groups attached to an aromatic ring is 1. The van der Waals surface area contributed by atoms with Crippen LogP contribution in [0.25, 0.3) is 0 Å². The van der Waals surface area contributed by atoms with Crippen LogP contribution in [-0.4, -0.2) is 31.8 Å². The number of nitrogens with one attached hydrogen (secondary N) is 1. The quantitative estimate of drug-likeness (QED) is 0.825. The molecule has 0 radical (unpaired) electrons. The van der Waals surface area contributed by atoms with Crippen molar-refractivity contribution in [1.29, 1.82) is 0 Å². The van der Waals surface area contributed by atoms with Gasteiger partial charge in [0.05, 0.1) is 4.47 Å². The highest BCUT2D eigenvalue weighted by molar-refractivity contribution is 9.10. The molecule has 2 rings (SSSR count). The van der Waals surface area contributed by atoms with Gasteiger partial charge in [-0.25, -0.2) is 0 Å². The van der Waals surface area contributed by atoms with Crippen LogP contribution in [0.2, 0.25) is 0 Å². The number of ether oxygens (including phenoxy) is 2. The molecule has 6 heteroatoms. The Hall–Kier alpha value is -1.27. The lowest BCUT2D eigenvalue weighted by Gasteiger charge is -2.23. The summed E-state index contributed by atoms with van der Waals surface area (Å²) in [5, 5.41) is 2.93. The van der Waals surface area contributed by atoms with Crippen LogP contribution in [0.1, 0.15) is 12.8 Å². The van der Waals surface area contributed by atoms with Crippen molar-refractivity contribution in [1.82, 2.24) is 5.32 Å². The predicted octanol–water partition coefficient (Wildman–Crippen LogP) is 1.71. The second-order valence-electron chi connectivity index (χ2n) is 4.43. The number of hydrogen-bond donors (Lipinski definition) is 2. The first-order valence-corrected chi connectivity index (χ1v) is 6.99. The summed E-state index contributed by atoms with van der Waals surface area (Å²) in [7, 11) is 0. The van der Waals surface area contributed by atoms with E-state index in [2.05, 4.69) is 21.2 Å². The highest BCUT2D eigenvalue weighted by Gasteiger charge is 2.16. The van der Waals surface area contributed by atoms with Gasteiger partial charge in [0.25, 0.3) is 5.91 Å². The summed E-state index contributed by atoms with van der Waals surface area (Å²) in [6.07, 6.45) is 1.71. The molecule has 0 spiro atoms. The standard InChI is InChI=1S/C13H17BrN2O3/c14-11-2-1-9(15)7-12(11)19-8-13(17)16-10-3-5-18-6-4-10/h1-2,7,10H,3-6,8,15H2,(H,16,17). The molecule has 1 aromatic rings. The zero-order chi connectivity index (χ0) is 13.7. The molecule has 0 bridgehead atoms.